The van der Waals surface area contributed by atoms with Gasteiger partial charge in [-0.15, -0.1) is 0 Å². The van der Waals surface area contributed by atoms with Gasteiger partial charge in [0.15, 0.2) is 0 Å². The second kappa shape index (κ2) is 7.06. The lowest BCUT2D eigenvalue weighted by Gasteiger charge is -2.39. The lowest BCUT2D eigenvalue weighted by molar-refractivity contribution is 0.184. The normalized spacial score (nSPS) is 19.0. The van der Waals surface area contributed by atoms with Gasteiger partial charge in [-0.25, -0.2) is 8.42 Å². The van der Waals surface area contributed by atoms with Crippen molar-refractivity contribution in [2.24, 2.45) is 0 Å². The van der Waals surface area contributed by atoms with Gasteiger partial charge in [-0.1, -0.05) is 30.5 Å². The molecular weight excluding hydrogens is 284 g/mol. The van der Waals surface area contributed by atoms with E-state index in [1.807, 2.05) is 19.1 Å². The fourth-order valence-electron chi connectivity index (χ4n) is 2.63. The van der Waals surface area contributed by atoms with Crippen molar-refractivity contribution in [3.63, 3.8) is 0 Å². The van der Waals surface area contributed by atoms with Crippen molar-refractivity contribution in [3.8, 4) is 6.07 Å². The molecule has 0 spiro atoms. The molecule has 1 aliphatic rings. The Balaban J connectivity index is 1.92. The highest BCUT2D eigenvalue weighted by Crippen LogP contribution is 2.30. The van der Waals surface area contributed by atoms with Gasteiger partial charge >= 0.3 is 0 Å². The summed E-state index contributed by atoms with van der Waals surface area (Å²) in [6, 6.07) is 9.32. The molecule has 1 saturated heterocycles. The monoisotopic (exact) mass is 306 g/mol. The van der Waals surface area contributed by atoms with Gasteiger partial charge in [0, 0.05) is 19.0 Å². The van der Waals surface area contributed by atoms with Crippen LogP contribution in [0.2, 0.25) is 0 Å². The maximum atomic E-state index is 12.6. The molecule has 21 heavy (non-hydrogen) atoms. The molecular formula is C16H22N2O2S. The standard InChI is InChI=1S/C16H22N2O2S/c1-14-7-9-16(10-8-14)21(19,20)18-13-11-15(18)6-4-2-3-5-12-17/h7-10,15H,2-6,11,13H2,1H3/t15-/m1/s1. The van der Waals surface area contributed by atoms with Gasteiger partial charge < -0.3 is 0 Å². The number of nitrogens with zero attached hydrogens (tertiary/aromatic N) is 2. The minimum absolute atomic E-state index is 0.137. The number of hydrogen-bond acceptors (Lipinski definition) is 3. The first kappa shape index (κ1) is 16.0. The summed E-state index contributed by atoms with van der Waals surface area (Å²) in [7, 11) is -3.33. The van der Waals surface area contributed by atoms with Crippen molar-refractivity contribution in [3.05, 3.63) is 29.8 Å². The van der Waals surface area contributed by atoms with Crippen molar-refractivity contribution in [2.45, 2.75) is 56.4 Å². The molecule has 1 heterocycles. The van der Waals surface area contributed by atoms with Crippen LogP contribution in [-0.2, 0) is 10.0 Å². The molecule has 5 heteroatoms. The first-order chi connectivity index (χ1) is 10.1. The molecule has 0 unspecified atom stereocenters. The maximum Gasteiger partial charge on any atom is 0.243 e. The minimum atomic E-state index is -3.33. The van der Waals surface area contributed by atoms with Crippen molar-refractivity contribution in [2.75, 3.05) is 6.54 Å². The van der Waals surface area contributed by atoms with E-state index in [2.05, 4.69) is 6.07 Å². The fraction of sp³-hybridized carbons (Fsp3) is 0.562. The van der Waals surface area contributed by atoms with Crippen molar-refractivity contribution in [1.29, 1.82) is 5.26 Å². The lowest BCUT2D eigenvalue weighted by atomic mass is 9.99. The van der Waals surface area contributed by atoms with E-state index in [1.165, 1.54) is 0 Å². The average Bonchev–Trinajstić information content (AvgIpc) is 2.41. The van der Waals surface area contributed by atoms with Gasteiger partial charge in [0.1, 0.15) is 0 Å². The highest BCUT2D eigenvalue weighted by Gasteiger charge is 2.37. The Kier molecular flexibility index (Phi) is 5.38. The summed E-state index contributed by atoms with van der Waals surface area (Å²) in [6.07, 6.45) is 5.35. The van der Waals surface area contributed by atoms with Crippen LogP contribution in [0.4, 0.5) is 0 Å². The van der Waals surface area contributed by atoms with E-state index in [9.17, 15) is 8.42 Å². The van der Waals surface area contributed by atoms with Crippen molar-refractivity contribution in [1.82, 2.24) is 4.31 Å². The number of sulfonamides is 1. The highest BCUT2D eigenvalue weighted by atomic mass is 32.2. The fourth-order valence-corrected chi connectivity index (χ4v) is 4.33. The molecule has 1 aromatic rings. The van der Waals surface area contributed by atoms with E-state index in [1.54, 1.807) is 16.4 Å². The number of aryl methyl sites for hydroxylation is 1. The molecule has 1 aromatic carbocycles. The summed E-state index contributed by atoms with van der Waals surface area (Å²) in [5, 5.41) is 8.49. The average molecular weight is 306 g/mol. The highest BCUT2D eigenvalue weighted by molar-refractivity contribution is 7.89. The van der Waals surface area contributed by atoms with E-state index >= 15 is 0 Å². The molecule has 1 atom stereocenters. The maximum absolute atomic E-state index is 12.6. The van der Waals surface area contributed by atoms with Crippen molar-refractivity contribution < 1.29 is 8.42 Å². The topological polar surface area (TPSA) is 61.2 Å². The van der Waals surface area contributed by atoms with Gasteiger partial charge in [-0.3, -0.25) is 0 Å². The van der Waals surface area contributed by atoms with Gasteiger partial charge in [-0.05, 0) is 38.3 Å². The zero-order chi connectivity index (χ0) is 15.3. The Morgan fingerprint density at radius 3 is 2.52 bits per heavy atom. The number of benzene rings is 1. The first-order valence-corrected chi connectivity index (χ1v) is 8.95. The van der Waals surface area contributed by atoms with Crippen LogP contribution in [0, 0.1) is 18.3 Å². The predicted molar refractivity (Wildman–Crippen MR) is 82.2 cm³/mol. The molecule has 114 valence electrons. The van der Waals surface area contributed by atoms with Gasteiger partial charge in [0.05, 0.1) is 11.0 Å². The smallest absolute Gasteiger partial charge is 0.207 e. The summed E-state index contributed by atoms with van der Waals surface area (Å²) in [5.74, 6) is 0. The SMILES string of the molecule is Cc1ccc(S(=O)(=O)N2CC[C@H]2CCCCCC#N)cc1. The second-order valence-corrected chi connectivity index (χ2v) is 7.52. The molecule has 1 aliphatic heterocycles. The summed E-state index contributed by atoms with van der Waals surface area (Å²) < 4.78 is 26.7. The van der Waals surface area contributed by atoms with Crippen LogP contribution < -0.4 is 0 Å². The number of unbranched alkanes of at least 4 members (excludes halogenated alkanes) is 3. The summed E-state index contributed by atoms with van der Waals surface area (Å²) >= 11 is 0. The van der Waals surface area contributed by atoms with E-state index in [0.717, 1.165) is 37.7 Å². The van der Waals surface area contributed by atoms with Crippen LogP contribution in [0.5, 0.6) is 0 Å². The van der Waals surface area contributed by atoms with Gasteiger partial charge in [0.25, 0.3) is 0 Å². The van der Waals surface area contributed by atoms with Gasteiger partial charge in [0.2, 0.25) is 10.0 Å². The Hall–Kier alpha value is -1.38. The second-order valence-electron chi connectivity index (χ2n) is 5.63. The third kappa shape index (κ3) is 3.84. The van der Waals surface area contributed by atoms with Crippen LogP contribution in [0.1, 0.15) is 44.1 Å². The Bertz CT molecular complexity index is 602. The number of nitriles is 1. The van der Waals surface area contributed by atoms with Crippen molar-refractivity contribution >= 4 is 10.0 Å². The zero-order valence-corrected chi connectivity index (χ0v) is 13.3. The molecule has 0 amide bonds. The molecule has 4 nitrogen and oxygen atoms in total. The summed E-state index contributed by atoms with van der Waals surface area (Å²) in [6.45, 7) is 2.57. The van der Waals surface area contributed by atoms with E-state index in [4.69, 9.17) is 5.26 Å². The van der Waals surface area contributed by atoms with E-state index < -0.39 is 10.0 Å². The molecule has 0 bridgehead atoms. The third-order valence-electron chi connectivity index (χ3n) is 4.04. The lowest BCUT2D eigenvalue weighted by Crippen LogP contribution is -2.50. The molecule has 2 rings (SSSR count). The molecule has 1 fully saturated rings. The van der Waals surface area contributed by atoms with Gasteiger partial charge in [-0.2, -0.15) is 9.57 Å². The summed E-state index contributed by atoms with van der Waals surface area (Å²) in [5.41, 5.74) is 1.06. The third-order valence-corrected chi connectivity index (χ3v) is 6.01. The molecule has 0 saturated carbocycles. The minimum Gasteiger partial charge on any atom is -0.207 e. The Morgan fingerprint density at radius 1 is 1.24 bits per heavy atom. The first-order valence-electron chi connectivity index (χ1n) is 7.51. The zero-order valence-electron chi connectivity index (χ0n) is 12.5. The summed E-state index contributed by atoms with van der Waals surface area (Å²) in [4.78, 5) is 0.391. The predicted octanol–water partition coefficient (Wildman–Crippen LogP) is 3.23. The molecule has 0 aliphatic carbocycles. The van der Waals surface area contributed by atoms with Crippen LogP contribution in [0.25, 0.3) is 0 Å². The number of rotatable bonds is 7. The van der Waals surface area contributed by atoms with Crippen LogP contribution in [0.3, 0.4) is 0 Å². The molecule has 0 N–H and O–H groups in total. The van der Waals surface area contributed by atoms with Crippen LogP contribution in [-0.4, -0.2) is 25.3 Å². The Morgan fingerprint density at radius 2 is 1.95 bits per heavy atom. The largest absolute Gasteiger partial charge is 0.243 e. The van der Waals surface area contributed by atoms with E-state index in [0.29, 0.717) is 17.9 Å². The molecule has 0 radical (unpaired) electrons. The van der Waals surface area contributed by atoms with Crippen LogP contribution in [0.15, 0.2) is 29.2 Å². The Labute approximate surface area is 127 Å². The molecule has 0 aromatic heterocycles. The number of hydrogen-bond donors (Lipinski definition) is 0. The quantitative estimate of drug-likeness (QED) is 0.727. The van der Waals surface area contributed by atoms with E-state index in [-0.39, 0.29) is 6.04 Å². The van der Waals surface area contributed by atoms with Crippen LogP contribution >= 0.6 is 0 Å².